The summed E-state index contributed by atoms with van der Waals surface area (Å²) in [6.07, 6.45) is 7.05. The molecule has 2 unspecified atom stereocenters. The van der Waals surface area contributed by atoms with Crippen LogP contribution < -0.4 is 5.32 Å². The summed E-state index contributed by atoms with van der Waals surface area (Å²) in [7, 11) is 4.39. The molecule has 3 nitrogen and oxygen atoms in total. The lowest BCUT2D eigenvalue weighted by Crippen LogP contribution is -2.49. The summed E-state index contributed by atoms with van der Waals surface area (Å²) in [4.78, 5) is 5.15. The molecular weight excluding hydrogens is 210 g/mol. The fraction of sp³-hybridized carbons (Fsp3) is 1.00. The number of rotatable bonds is 3. The molecule has 0 aromatic rings. The Kier molecular flexibility index (Phi) is 4.83. The second-order valence-corrected chi connectivity index (χ2v) is 6.19. The van der Waals surface area contributed by atoms with E-state index in [2.05, 4.69) is 36.1 Å². The maximum absolute atomic E-state index is 3.69. The number of hydrogen-bond donors (Lipinski definition) is 1. The molecule has 17 heavy (non-hydrogen) atoms. The molecule has 1 aliphatic heterocycles. The molecule has 3 heteroatoms. The average Bonchev–Trinajstić information content (AvgIpc) is 2.73. The van der Waals surface area contributed by atoms with Crippen molar-refractivity contribution in [1.29, 1.82) is 0 Å². The Hall–Kier alpha value is -0.120. The van der Waals surface area contributed by atoms with Crippen LogP contribution >= 0.6 is 0 Å². The molecule has 2 rings (SSSR count). The lowest BCUT2D eigenvalue weighted by molar-refractivity contribution is 0.122. The minimum absolute atomic E-state index is 0.686. The standard InChI is InChI=1S/C14H29N3/c1-12-8-9-17(13-6-4-5-7-13)14(10-15-12)11-16(2)3/h12-15H,4-11H2,1-3H3. The molecular formula is C14H29N3. The number of nitrogens with one attached hydrogen (secondary N) is 1. The van der Waals surface area contributed by atoms with Gasteiger partial charge >= 0.3 is 0 Å². The van der Waals surface area contributed by atoms with Crippen molar-refractivity contribution in [2.75, 3.05) is 33.7 Å². The van der Waals surface area contributed by atoms with Crippen LogP contribution in [-0.2, 0) is 0 Å². The second kappa shape index (κ2) is 6.17. The Morgan fingerprint density at radius 2 is 1.88 bits per heavy atom. The predicted octanol–water partition coefficient (Wildman–Crippen LogP) is 1.54. The first-order chi connectivity index (χ1) is 8.16. The summed E-state index contributed by atoms with van der Waals surface area (Å²) in [5, 5.41) is 3.69. The van der Waals surface area contributed by atoms with E-state index >= 15 is 0 Å². The molecule has 1 saturated carbocycles. The van der Waals surface area contributed by atoms with Gasteiger partial charge in [0, 0.05) is 37.8 Å². The summed E-state index contributed by atoms with van der Waals surface area (Å²) in [6.45, 7) is 5.97. The maximum Gasteiger partial charge on any atom is 0.0350 e. The minimum atomic E-state index is 0.686. The third-order valence-electron chi connectivity index (χ3n) is 4.36. The monoisotopic (exact) mass is 239 g/mol. The van der Waals surface area contributed by atoms with Crippen molar-refractivity contribution >= 4 is 0 Å². The topological polar surface area (TPSA) is 18.5 Å². The van der Waals surface area contributed by atoms with Crippen LogP contribution in [-0.4, -0.2) is 61.7 Å². The molecule has 1 aliphatic carbocycles. The van der Waals surface area contributed by atoms with Crippen LogP contribution in [0.4, 0.5) is 0 Å². The molecule has 2 fully saturated rings. The quantitative estimate of drug-likeness (QED) is 0.806. The zero-order valence-electron chi connectivity index (χ0n) is 11.8. The largest absolute Gasteiger partial charge is 0.313 e. The Balaban J connectivity index is 2.00. The van der Waals surface area contributed by atoms with E-state index in [0.717, 1.165) is 12.6 Å². The summed E-state index contributed by atoms with van der Waals surface area (Å²) in [6, 6.07) is 2.26. The van der Waals surface area contributed by atoms with E-state index in [1.807, 2.05) is 0 Å². The van der Waals surface area contributed by atoms with Gasteiger partial charge < -0.3 is 10.2 Å². The second-order valence-electron chi connectivity index (χ2n) is 6.19. The highest BCUT2D eigenvalue weighted by Crippen LogP contribution is 2.26. The summed E-state index contributed by atoms with van der Waals surface area (Å²) in [5.41, 5.74) is 0. The highest BCUT2D eigenvalue weighted by molar-refractivity contribution is 4.88. The van der Waals surface area contributed by atoms with E-state index in [9.17, 15) is 0 Å². The van der Waals surface area contributed by atoms with Crippen molar-refractivity contribution in [1.82, 2.24) is 15.1 Å². The van der Waals surface area contributed by atoms with Gasteiger partial charge in [0.2, 0.25) is 0 Å². The van der Waals surface area contributed by atoms with Gasteiger partial charge in [-0.25, -0.2) is 0 Å². The van der Waals surface area contributed by atoms with Crippen LogP contribution in [0.15, 0.2) is 0 Å². The van der Waals surface area contributed by atoms with Gasteiger partial charge in [-0.15, -0.1) is 0 Å². The maximum atomic E-state index is 3.69. The third kappa shape index (κ3) is 3.67. The highest BCUT2D eigenvalue weighted by Gasteiger charge is 2.30. The zero-order chi connectivity index (χ0) is 12.3. The Labute approximate surface area is 107 Å². The first kappa shape index (κ1) is 13.3. The van der Waals surface area contributed by atoms with Crippen LogP contribution in [0.3, 0.4) is 0 Å². The summed E-state index contributed by atoms with van der Waals surface area (Å²) >= 11 is 0. The van der Waals surface area contributed by atoms with Crippen LogP contribution in [0.1, 0.15) is 39.0 Å². The molecule has 0 amide bonds. The smallest absolute Gasteiger partial charge is 0.0350 e. The van der Waals surface area contributed by atoms with E-state index in [-0.39, 0.29) is 0 Å². The highest BCUT2D eigenvalue weighted by atomic mass is 15.3. The van der Waals surface area contributed by atoms with Crippen molar-refractivity contribution in [3.8, 4) is 0 Å². The van der Waals surface area contributed by atoms with Gasteiger partial charge in [0.25, 0.3) is 0 Å². The van der Waals surface area contributed by atoms with E-state index in [1.165, 1.54) is 45.2 Å². The predicted molar refractivity (Wildman–Crippen MR) is 73.4 cm³/mol. The normalized spacial score (nSPS) is 33.2. The van der Waals surface area contributed by atoms with Gasteiger partial charge in [0.15, 0.2) is 0 Å². The molecule has 2 atom stereocenters. The van der Waals surface area contributed by atoms with E-state index < -0.39 is 0 Å². The van der Waals surface area contributed by atoms with Crippen molar-refractivity contribution in [2.24, 2.45) is 0 Å². The zero-order valence-corrected chi connectivity index (χ0v) is 11.8. The summed E-state index contributed by atoms with van der Waals surface area (Å²) in [5.74, 6) is 0. The fourth-order valence-electron chi connectivity index (χ4n) is 3.39. The van der Waals surface area contributed by atoms with Gasteiger partial charge in [-0.3, -0.25) is 4.90 Å². The first-order valence-corrected chi connectivity index (χ1v) is 7.30. The van der Waals surface area contributed by atoms with Crippen LogP contribution in [0.5, 0.6) is 0 Å². The number of hydrogen-bond acceptors (Lipinski definition) is 3. The summed E-state index contributed by atoms with van der Waals surface area (Å²) < 4.78 is 0. The third-order valence-corrected chi connectivity index (χ3v) is 4.36. The fourth-order valence-corrected chi connectivity index (χ4v) is 3.39. The van der Waals surface area contributed by atoms with Gasteiger partial charge in [0.05, 0.1) is 0 Å². The number of nitrogens with zero attached hydrogens (tertiary/aromatic N) is 2. The van der Waals surface area contributed by atoms with E-state index in [1.54, 1.807) is 0 Å². The van der Waals surface area contributed by atoms with Crippen molar-refractivity contribution < 1.29 is 0 Å². The number of likely N-dealkylation sites (N-methyl/N-ethyl adjacent to an activating group) is 1. The van der Waals surface area contributed by atoms with Crippen molar-refractivity contribution in [3.05, 3.63) is 0 Å². The van der Waals surface area contributed by atoms with Crippen molar-refractivity contribution in [3.63, 3.8) is 0 Å². The van der Waals surface area contributed by atoms with Gasteiger partial charge in [-0.1, -0.05) is 12.8 Å². The van der Waals surface area contributed by atoms with Crippen LogP contribution in [0.2, 0.25) is 0 Å². The molecule has 0 aromatic heterocycles. The molecule has 1 heterocycles. The molecule has 0 radical (unpaired) electrons. The van der Waals surface area contributed by atoms with Crippen molar-refractivity contribution in [2.45, 2.75) is 57.2 Å². The molecule has 100 valence electrons. The van der Waals surface area contributed by atoms with Gasteiger partial charge in [0.1, 0.15) is 0 Å². The molecule has 1 N–H and O–H groups in total. The molecule has 0 bridgehead atoms. The molecule has 0 spiro atoms. The van der Waals surface area contributed by atoms with E-state index in [0.29, 0.717) is 12.1 Å². The van der Waals surface area contributed by atoms with Gasteiger partial charge in [-0.2, -0.15) is 0 Å². The average molecular weight is 239 g/mol. The molecule has 2 aliphatic rings. The van der Waals surface area contributed by atoms with Crippen LogP contribution in [0, 0.1) is 0 Å². The Bertz CT molecular complexity index is 224. The molecule has 0 aromatic carbocycles. The van der Waals surface area contributed by atoms with Gasteiger partial charge in [-0.05, 0) is 40.3 Å². The molecule has 1 saturated heterocycles. The SMILES string of the molecule is CC1CCN(C2CCCC2)C(CN(C)C)CN1. The first-order valence-electron chi connectivity index (χ1n) is 7.30. The lowest BCUT2D eigenvalue weighted by atomic mass is 10.1. The lowest BCUT2D eigenvalue weighted by Gasteiger charge is -2.36. The van der Waals surface area contributed by atoms with Crippen LogP contribution in [0.25, 0.3) is 0 Å². The minimum Gasteiger partial charge on any atom is -0.313 e. The van der Waals surface area contributed by atoms with E-state index in [4.69, 9.17) is 0 Å². The Morgan fingerprint density at radius 3 is 2.53 bits per heavy atom. The Morgan fingerprint density at radius 1 is 1.18 bits per heavy atom.